The van der Waals surface area contributed by atoms with Crippen molar-refractivity contribution < 1.29 is 4.79 Å². The fourth-order valence-electron chi connectivity index (χ4n) is 1.18. The van der Waals surface area contributed by atoms with E-state index >= 15 is 0 Å². The summed E-state index contributed by atoms with van der Waals surface area (Å²) in [4.78, 5) is 10.8. The lowest BCUT2D eigenvalue weighted by Gasteiger charge is -2.08. The predicted molar refractivity (Wildman–Crippen MR) is 57.9 cm³/mol. The van der Waals surface area contributed by atoms with Crippen LogP contribution in [-0.4, -0.2) is 6.29 Å². The third kappa shape index (κ3) is 3.15. The summed E-state index contributed by atoms with van der Waals surface area (Å²) >= 11 is 3.26. The van der Waals surface area contributed by atoms with Crippen molar-refractivity contribution in [2.45, 2.75) is 12.3 Å². The molecular formula is C11H11BrO. The van der Waals surface area contributed by atoms with E-state index in [0.29, 0.717) is 6.42 Å². The first-order chi connectivity index (χ1) is 6.24. The van der Waals surface area contributed by atoms with E-state index in [1.165, 1.54) is 0 Å². The Labute approximate surface area is 86.6 Å². The van der Waals surface area contributed by atoms with Gasteiger partial charge in [-0.05, 0) is 16.5 Å². The predicted octanol–water partition coefficient (Wildman–Crippen LogP) is 3.27. The van der Waals surface area contributed by atoms with E-state index in [9.17, 15) is 4.79 Å². The Kier molecular flexibility index (Phi) is 3.90. The van der Waals surface area contributed by atoms with Gasteiger partial charge in [0.1, 0.15) is 6.29 Å². The van der Waals surface area contributed by atoms with E-state index < -0.39 is 0 Å². The minimum atomic E-state index is -0.0759. The highest BCUT2D eigenvalue weighted by Gasteiger charge is 2.09. The maximum atomic E-state index is 10.8. The van der Waals surface area contributed by atoms with Crippen LogP contribution >= 0.6 is 15.9 Å². The van der Waals surface area contributed by atoms with Gasteiger partial charge >= 0.3 is 0 Å². The standard InChI is InChI=1S/C11H11BrO/c1-9(12)7-11(8-13)10-5-3-2-4-6-10/h2-6,8,11H,1,7H2. The second kappa shape index (κ2) is 4.97. The Morgan fingerprint density at radius 2 is 2.08 bits per heavy atom. The van der Waals surface area contributed by atoms with Crippen LogP contribution < -0.4 is 0 Å². The second-order valence-electron chi connectivity index (χ2n) is 2.87. The highest BCUT2D eigenvalue weighted by Crippen LogP contribution is 2.23. The van der Waals surface area contributed by atoms with Crippen molar-refractivity contribution >= 4 is 22.2 Å². The van der Waals surface area contributed by atoms with Gasteiger partial charge in [-0.25, -0.2) is 0 Å². The zero-order valence-corrected chi connectivity index (χ0v) is 8.83. The minimum absolute atomic E-state index is 0.0759. The molecule has 0 amide bonds. The number of allylic oxidation sites excluding steroid dienone is 1. The van der Waals surface area contributed by atoms with Gasteiger partial charge in [0.25, 0.3) is 0 Å². The summed E-state index contributed by atoms with van der Waals surface area (Å²) in [7, 11) is 0. The summed E-state index contributed by atoms with van der Waals surface area (Å²) in [5, 5.41) is 0. The van der Waals surface area contributed by atoms with E-state index in [4.69, 9.17) is 0 Å². The van der Waals surface area contributed by atoms with Gasteiger partial charge in [-0.15, -0.1) is 0 Å². The second-order valence-corrected chi connectivity index (χ2v) is 4.00. The fraction of sp³-hybridized carbons (Fsp3) is 0.182. The van der Waals surface area contributed by atoms with Gasteiger partial charge in [-0.1, -0.05) is 52.8 Å². The molecule has 1 aromatic carbocycles. The van der Waals surface area contributed by atoms with Crippen molar-refractivity contribution in [1.82, 2.24) is 0 Å². The molecule has 0 radical (unpaired) electrons. The molecule has 2 heteroatoms. The average molecular weight is 239 g/mol. The third-order valence-electron chi connectivity index (χ3n) is 1.83. The molecule has 0 heterocycles. The number of hydrogen-bond donors (Lipinski definition) is 0. The summed E-state index contributed by atoms with van der Waals surface area (Å²) < 4.78 is 0.855. The van der Waals surface area contributed by atoms with Crippen molar-refractivity contribution in [3.05, 3.63) is 47.0 Å². The van der Waals surface area contributed by atoms with E-state index in [0.717, 1.165) is 16.3 Å². The van der Waals surface area contributed by atoms with Crippen LogP contribution in [0.15, 0.2) is 41.4 Å². The molecule has 0 saturated carbocycles. The van der Waals surface area contributed by atoms with E-state index in [2.05, 4.69) is 22.5 Å². The van der Waals surface area contributed by atoms with Crippen molar-refractivity contribution in [1.29, 1.82) is 0 Å². The third-order valence-corrected chi connectivity index (χ3v) is 2.16. The van der Waals surface area contributed by atoms with Gasteiger partial charge in [0.2, 0.25) is 0 Å². The lowest BCUT2D eigenvalue weighted by atomic mass is 9.97. The van der Waals surface area contributed by atoms with Crippen molar-refractivity contribution in [2.75, 3.05) is 0 Å². The highest BCUT2D eigenvalue weighted by molar-refractivity contribution is 9.11. The molecular weight excluding hydrogens is 228 g/mol. The number of halogens is 1. The normalized spacial score (nSPS) is 12.1. The average Bonchev–Trinajstić information content (AvgIpc) is 2.15. The molecule has 0 saturated heterocycles. The molecule has 1 aromatic rings. The van der Waals surface area contributed by atoms with Crippen LogP contribution in [0.5, 0.6) is 0 Å². The first-order valence-electron chi connectivity index (χ1n) is 4.07. The molecule has 0 spiro atoms. The Morgan fingerprint density at radius 3 is 2.54 bits per heavy atom. The lowest BCUT2D eigenvalue weighted by Crippen LogP contribution is -1.99. The van der Waals surface area contributed by atoms with Crippen LogP contribution in [0.1, 0.15) is 17.9 Å². The number of aldehydes is 1. The highest BCUT2D eigenvalue weighted by atomic mass is 79.9. The Balaban J connectivity index is 2.78. The summed E-state index contributed by atoms with van der Waals surface area (Å²) in [6, 6.07) is 9.71. The molecule has 0 N–H and O–H groups in total. The van der Waals surface area contributed by atoms with E-state index in [-0.39, 0.29) is 5.92 Å². The molecule has 0 aliphatic carbocycles. The lowest BCUT2D eigenvalue weighted by molar-refractivity contribution is -0.109. The molecule has 0 aromatic heterocycles. The first kappa shape index (κ1) is 10.2. The van der Waals surface area contributed by atoms with Gasteiger partial charge in [-0.2, -0.15) is 0 Å². The Hall–Kier alpha value is -0.890. The van der Waals surface area contributed by atoms with Gasteiger partial charge in [0.15, 0.2) is 0 Å². The Morgan fingerprint density at radius 1 is 1.46 bits per heavy atom. The van der Waals surface area contributed by atoms with Crippen LogP contribution in [0.3, 0.4) is 0 Å². The molecule has 1 unspecified atom stereocenters. The number of carbonyl (C=O) groups is 1. The molecule has 0 aliphatic rings. The van der Waals surface area contributed by atoms with Crippen LogP contribution in [-0.2, 0) is 4.79 Å². The SMILES string of the molecule is C=C(Br)CC(C=O)c1ccccc1. The van der Waals surface area contributed by atoms with Crippen LogP contribution in [0.25, 0.3) is 0 Å². The molecule has 1 rings (SSSR count). The van der Waals surface area contributed by atoms with Crippen molar-refractivity contribution in [3.8, 4) is 0 Å². The smallest absolute Gasteiger partial charge is 0.127 e. The number of carbonyl (C=O) groups excluding carboxylic acids is 1. The molecule has 0 fully saturated rings. The molecule has 68 valence electrons. The van der Waals surface area contributed by atoms with Crippen LogP contribution in [0, 0.1) is 0 Å². The molecule has 0 bridgehead atoms. The minimum Gasteiger partial charge on any atom is -0.303 e. The van der Waals surface area contributed by atoms with E-state index in [1.54, 1.807) is 0 Å². The van der Waals surface area contributed by atoms with Gasteiger partial charge in [0, 0.05) is 5.92 Å². The molecule has 13 heavy (non-hydrogen) atoms. The largest absolute Gasteiger partial charge is 0.303 e. The maximum absolute atomic E-state index is 10.8. The number of hydrogen-bond acceptors (Lipinski definition) is 1. The molecule has 1 atom stereocenters. The zero-order chi connectivity index (χ0) is 9.68. The van der Waals surface area contributed by atoms with Gasteiger partial charge in [-0.3, -0.25) is 0 Å². The summed E-state index contributed by atoms with van der Waals surface area (Å²) in [6.07, 6.45) is 1.62. The Bertz CT molecular complexity index is 292. The monoisotopic (exact) mass is 238 g/mol. The topological polar surface area (TPSA) is 17.1 Å². The number of benzene rings is 1. The van der Waals surface area contributed by atoms with Crippen molar-refractivity contribution in [2.24, 2.45) is 0 Å². The zero-order valence-electron chi connectivity index (χ0n) is 7.24. The molecule has 1 nitrogen and oxygen atoms in total. The first-order valence-corrected chi connectivity index (χ1v) is 4.87. The quantitative estimate of drug-likeness (QED) is 0.737. The number of rotatable bonds is 4. The van der Waals surface area contributed by atoms with Crippen molar-refractivity contribution in [3.63, 3.8) is 0 Å². The summed E-state index contributed by atoms with van der Waals surface area (Å²) in [6.45, 7) is 3.73. The van der Waals surface area contributed by atoms with Gasteiger partial charge < -0.3 is 4.79 Å². The molecule has 0 aliphatic heterocycles. The summed E-state index contributed by atoms with van der Waals surface area (Å²) in [5.74, 6) is -0.0759. The van der Waals surface area contributed by atoms with E-state index in [1.807, 2.05) is 30.3 Å². The maximum Gasteiger partial charge on any atom is 0.127 e. The van der Waals surface area contributed by atoms with Crippen LogP contribution in [0.4, 0.5) is 0 Å². The van der Waals surface area contributed by atoms with Gasteiger partial charge in [0.05, 0.1) is 0 Å². The fourth-order valence-corrected chi connectivity index (χ4v) is 1.53. The summed E-state index contributed by atoms with van der Waals surface area (Å²) in [5.41, 5.74) is 1.04. The van der Waals surface area contributed by atoms with Crippen LogP contribution in [0.2, 0.25) is 0 Å².